The molecule has 2 heterocycles. The summed E-state index contributed by atoms with van der Waals surface area (Å²) in [4.78, 5) is 29.3. The van der Waals surface area contributed by atoms with Crippen LogP contribution in [0.5, 0.6) is 5.75 Å². The van der Waals surface area contributed by atoms with Crippen molar-refractivity contribution in [2.75, 3.05) is 33.3 Å². The molecular formula is C25H36ClF2N5O4. The predicted molar refractivity (Wildman–Crippen MR) is 136 cm³/mol. The highest BCUT2D eigenvalue weighted by atomic mass is 35.5. The molecule has 1 unspecified atom stereocenters. The van der Waals surface area contributed by atoms with Gasteiger partial charge in [0.05, 0.1) is 11.7 Å². The lowest BCUT2D eigenvalue weighted by Gasteiger charge is -2.40. The Kier molecular flexibility index (Phi) is 8.79. The van der Waals surface area contributed by atoms with Gasteiger partial charge in [0.15, 0.2) is 0 Å². The van der Waals surface area contributed by atoms with Gasteiger partial charge < -0.3 is 25.1 Å². The van der Waals surface area contributed by atoms with Gasteiger partial charge >= 0.3 is 6.09 Å². The number of halogens is 3. The molecule has 9 nitrogen and oxygen atoms in total. The minimum Gasteiger partial charge on any atom is -0.487 e. The van der Waals surface area contributed by atoms with E-state index in [1.54, 1.807) is 42.7 Å². The molecule has 1 saturated heterocycles. The smallest absolute Gasteiger partial charge is 0.410 e. The molecule has 37 heavy (non-hydrogen) atoms. The molecule has 206 valence electrons. The number of hydrogen-bond acceptors (Lipinski definition) is 7. The van der Waals surface area contributed by atoms with Gasteiger partial charge in [-0.1, -0.05) is 18.5 Å². The molecule has 1 aromatic rings. The predicted octanol–water partition coefficient (Wildman–Crippen LogP) is 3.66. The molecule has 0 bridgehead atoms. The number of carbonyl (C=O) groups excluding carboxylic acids is 2. The number of amides is 2. The average Bonchev–Trinajstić information content (AvgIpc) is 3.09. The van der Waals surface area contributed by atoms with Crippen LogP contribution in [0.25, 0.3) is 0 Å². The van der Waals surface area contributed by atoms with E-state index < -0.39 is 29.9 Å². The number of nitrogens with two attached hydrogens (primary N) is 2. The Balaban J connectivity index is 2.03. The van der Waals surface area contributed by atoms with Crippen LogP contribution in [0.1, 0.15) is 51.3 Å². The highest BCUT2D eigenvalue weighted by Gasteiger charge is 2.40. The molecule has 2 atom stereocenters. The lowest BCUT2D eigenvalue weighted by atomic mass is 9.91. The fourth-order valence-electron chi connectivity index (χ4n) is 4.67. The third-order valence-electron chi connectivity index (χ3n) is 6.46. The summed E-state index contributed by atoms with van der Waals surface area (Å²) in [6.07, 6.45) is -2.28. The van der Waals surface area contributed by atoms with Crippen molar-refractivity contribution in [3.05, 3.63) is 39.7 Å². The molecule has 2 aliphatic heterocycles. The number of likely N-dealkylation sites (tertiary alicyclic amines) is 1. The fraction of sp³-hybridized carbons (Fsp3) is 0.600. The van der Waals surface area contributed by atoms with Gasteiger partial charge in [0.25, 0.3) is 6.43 Å². The maximum Gasteiger partial charge on any atom is 0.410 e. The second-order valence-electron chi connectivity index (χ2n) is 10.5. The zero-order chi connectivity index (χ0) is 27.7. The maximum atomic E-state index is 13.5. The van der Waals surface area contributed by atoms with Crippen LogP contribution in [0, 0.1) is 5.92 Å². The Morgan fingerprint density at radius 2 is 1.97 bits per heavy atom. The molecule has 0 radical (unpaired) electrons. The van der Waals surface area contributed by atoms with Gasteiger partial charge in [-0.2, -0.15) is 0 Å². The molecule has 12 heteroatoms. The monoisotopic (exact) mass is 543 g/mol. The van der Waals surface area contributed by atoms with Crippen molar-refractivity contribution in [1.29, 1.82) is 0 Å². The number of hydrogen-bond donors (Lipinski definition) is 2. The van der Waals surface area contributed by atoms with Gasteiger partial charge in [-0.25, -0.2) is 19.4 Å². The topological polar surface area (TPSA) is 114 Å². The average molecular weight is 544 g/mol. The molecule has 0 saturated carbocycles. The molecular weight excluding hydrogens is 508 g/mol. The summed E-state index contributed by atoms with van der Waals surface area (Å²) in [5.41, 5.74) is 5.76. The van der Waals surface area contributed by atoms with E-state index in [0.29, 0.717) is 42.3 Å². The third-order valence-corrected chi connectivity index (χ3v) is 6.81. The van der Waals surface area contributed by atoms with Crippen molar-refractivity contribution in [2.45, 2.75) is 58.6 Å². The lowest BCUT2D eigenvalue weighted by molar-refractivity contribution is -0.131. The first-order valence-corrected chi connectivity index (χ1v) is 12.6. The van der Waals surface area contributed by atoms with Gasteiger partial charge in [0, 0.05) is 43.2 Å². The van der Waals surface area contributed by atoms with Crippen LogP contribution in [0.15, 0.2) is 23.5 Å². The Morgan fingerprint density at radius 1 is 1.30 bits per heavy atom. The van der Waals surface area contributed by atoms with Crippen LogP contribution >= 0.6 is 11.6 Å². The summed E-state index contributed by atoms with van der Waals surface area (Å²) >= 11 is 6.55. The summed E-state index contributed by atoms with van der Waals surface area (Å²) in [6.45, 7) is 7.93. The van der Waals surface area contributed by atoms with E-state index in [-0.39, 0.29) is 30.7 Å². The Bertz CT molecular complexity index is 1050. The standard InChI is InChI=1S/C25H36ClF2N5O4/c1-14-8-10-32(23(14)34)12-18-20-15(9-11-33(18)24(35)37-25(2,3)4)16(26)6-7-19(20)36-13-17(29)21(22(27)28)31(5)30/h6-7,14,18,22H,8-13,29-30H2,1-5H3/b21-17-/t14-,18?/m0/s1. The van der Waals surface area contributed by atoms with Gasteiger partial charge in [0.2, 0.25) is 5.91 Å². The number of hydrazine groups is 1. The Morgan fingerprint density at radius 3 is 2.51 bits per heavy atom. The van der Waals surface area contributed by atoms with Crippen LogP contribution in [-0.2, 0) is 16.0 Å². The van der Waals surface area contributed by atoms with Crippen molar-refractivity contribution in [3.63, 3.8) is 0 Å². The van der Waals surface area contributed by atoms with E-state index in [9.17, 15) is 18.4 Å². The van der Waals surface area contributed by atoms with Crippen LogP contribution in [0.4, 0.5) is 13.6 Å². The minimum atomic E-state index is -2.89. The first-order chi connectivity index (χ1) is 17.2. The summed E-state index contributed by atoms with van der Waals surface area (Å²) in [5.74, 6) is 5.74. The molecule has 2 amide bonds. The van der Waals surface area contributed by atoms with Crippen LogP contribution in [-0.4, -0.2) is 72.1 Å². The number of benzene rings is 1. The number of nitrogens with zero attached hydrogens (tertiary/aromatic N) is 3. The fourth-order valence-corrected chi connectivity index (χ4v) is 4.93. The highest BCUT2D eigenvalue weighted by molar-refractivity contribution is 6.31. The second kappa shape index (κ2) is 11.3. The van der Waals surface area contributed by atoms with E-state index in [4.69, 9.17) is 32.7 Å². The van der Waals surface area contributed by atoms with E-state index in [1.807, 2.05) is 6.92 Å². The highest BCUT2D eigenvalue weighted by Crippen LogP contribution is 2.42. The molecule has 0 spiro atoms. The van der Waals surface area contributed by atoms with Gasteiger partial charge in [0.1, 0.15) is 23.7 Å². The number of fused-ring (bicyclic) bond motifs is 1. The van der Waals surface area contributed by atoms with Crippen LogP contribution in [0.3, 0.4) is 0 Å². The summed E-state index contributed by atoms with van der Waals surface area (Å²) in [5, 5.41) is 1.24. The number of alkyl halides is 2. The molecule has 0 aliphatic carbocycles. The minimum absolute atomic E-state index is 0.000458. The van der Waals surface area contributed by atoms with Gasteiger partial charge in [-0.15, -0.1) is 0 Å². The van der Waals surface area contributed by atoms with E-state index in [2.05, 4.69) is 0 Å². The lowest BCUT2D eigenvalue weighted by Crippen LogP contribution is -2.47. The van der Waals surface area contributed by atoms with Crippen molar-refractivity contribution in [3.8, 4) is 5.75 Å². The zero-order valence-electron chi connectivity index (χ0n) is 21.9. The van der Waals surface area contributed by atoms with Crippen molar-refractivity contribution in [1.82, 2.24) is 14.8 Å². The van der Waals surface area contributed by atoms with Gasteiger partial charge in [-0.05, 0) is 51.3 Å². The maximum absolute atomic E-state index is 13.5. The van der Waals surface area contributed by atoms with Crippen LogP contribution < -0.4 is 16.3 Å². The molecule has 0 aromatic heterocycles. The molecule has 1 aromatic carbocycles. The number of ether oxygens (including phenoxy) is 2. The molecule has 4 N–H and O–H groups in total. The van der Waals surface area contributed by atoms with E-state index in [1.165, 1.54) is 7.05 Å². The summed E-state index contributed by atoms with van der Waals surface area (Å²) < 4.78 is 38.5. The first-order valence-electron chi connectivity index (χ1n) is 12.2. The van der Waals surface area contributed by atoms with Crippen molar-refractivity contribution >= 4 is 23.6 Å². The number of carbonyl (C=O) groups is 2. The second-order valence-corrected chi connectivity index (χ2v) is 10.9. The molecule has 1 fully saturated rings. The third kappa shape index (κ3) is 6.56. The molecule has 3 rings (SSSR count). The SMILES string of the molecule is C[C@H]1CCN(CC2c3c(OC/C(N)=C(\C(F)F)N(C)N)ccc(Cl)c3CCN2C(=O)OC(C)(C)C)C1=O. The van der Waals surface area contributed by atoms with Gasteiger partial charge in [-0.3, -0.25) is 9.69 Å². The Hall–Kier alpha value is -2.79. The Labute approximate surface area is 221 Å². The van der Waals surface area contributed by atoms with Crippen LogP contribution in [0.2, 0.25) is 5.02 Å². The van der Waals surface area contributed by atoms with Crippen molar-refractivity contribution in [2.24, 2.45) is 17.5 Å². The zero-order valence-corrected chi connectivity index (χ0v) is 22.6. The normalized spacial score (nSPS) is 20.6. The first kappa shape index (κ1) is 28.8. The largest absolute Gasteiger partial charge is 0.487 e. The summed E-state index contributed by atoms with van der Waals surface area (Å²) in [6, 6.07) is 2.64. The van der Waals surface area contributed by atoms with E-state index in [0.717, 1.165) is 10.6 Å². The number of allylic oxidation sites excluding steroid dienone is 1. The molecule has 2 aliphatic rings. The summed E-state index contributed by atoms with van der Waals surface area (Å²) in [7, 11) is 1.27. The van der Waals surface area contributed by atoms with E-state index >= 15 is 0 Å². The quantitative estimate of drug-likeness (QED) is 0.398. The number of rotatable bonds is 7. The van der Waals surface area contributed by atoms with Crippen molar-refractivity contribution < 1.29 is 27.8 Å².